The van der Waals surface area contributed by atoms with Crippen molar-refractivity contribution >= 4 is 34.6 Å². The van der Waals surface area contributed by atoms with Gasteiger partial charge in [-0.2, -0.15) is 0 Å². The number of carbonyl (C=O) groups excluding carboxylic acids is 1. The number of nitrogens with zero attached hydrogens (tertiary/aromatic N) is 2. The molecule has 3 rings (SSSR count). The molecule has 27 heavy (non-hydrogen) atoms. The maximum absolute atomic E-state index is 12.9. The number of hydrogen-bond acceptors (Lipinski definition) is 5. The molecule has 2 aromatic carbocycles. The molecular weight excluding hydrogens is 360 g/mol. The first-order chi connectivity index (χ1) is 13.0. The number of aliphatic imine (C=N–C) groups is 1. The van der Waals surface area contributed by atoms with Gasteiger partial charge in [-0.3, -0.25) is 9.69 Å². The number of rotatable bonds is 5. The van der Waals surface area contributed by atoms with Gasteiger partial charge in [-0.05, 0) is 61.0 Å². The Kier molecular flexibility index (Phi) is 5.86. The van der Waals surface area contributed by atoms with E-state index >= 15 is 0 Å². The molecule has 0 spiro atoms. The van der Waals surface area contributed by atoms with Crippen LogP contribution >= 0.6 is 11.8 Å². The van der Waals surface area contributed by atoms with Gasteiger partial charge in [0.25, 0.3) is 5.91 Å². The third kappa shape index (κ3) is 4.34. The number of ether oxygens (including phenoxy) is 1. The molecule has 0 atom stereocenters. The van der Waals surface area contributed by atoms with Crippen molar-refractivity contribution in [3.63, 3.8) is 0 Å². The summed E-state index contributed by atoms with van der Waals surface area (Å²) in [4.78, 5) is 19.8. The molecule has 1 N–H and O–H groups in total. The minimum atomic E-state index is -0.0558. The summed E-state index contributed by atoms with van der Waals surface area (Å²) < 4.78 is 5.14. The maximum Gasteiger partial charge on any atom is 0.266 e. The van der Waals surface area contributed by atoms with E-state index in [0.29, 0.717) is 22.4 Å². The molecule has 6 heteroatoms. The molecule has 1 aliphatic heterocycles. The highest BCUT2D eigenvalue weighted by Crippen LogP contribution is 2.35. The highest BCUT2D eigenvalue weighted by atomic mass is 32.2. The van der Waals surface area contributed by atoms with Gasteiger partial charge < -0.3 is 9.84 Å². The van der Waals surface area contributed by atoms with E-state index in [2.05, 4.69) is 4.99 Å². The Labute approximate surface area is 163 Å². The fourth-order valence-corrected chi connectivity index (χ4v) is 3.70. The van der Waals surface area contributed by atoms with Gasteiger partial charge in [0.1, 0.15) is 0 Å². The first-order valence-electron chi connectivity index (χ1n) is 8.75. The lowest BCUT2D eigenvalue weighted by Gasteiger charge is -2.13. The van der Waals surface area contributed by atoms with Gasteiger partial charge in [0.05, 0.1) is 17.7 Å². The van der Waals surface area contributed by atoms with Crippen LogP contribution in [0.4, 0.5) is 5.69 Å². The van der Waals surface area contributed by atoms with Gasteiger partial charge in [0, 0.05) is 6.54 Å². The third-order valence-electron chi connectivity index (χ3n) is 4.10. The molecule has 0 aromatic heterocycles. The van der Waals surface area contributed by atoms with Gasteiger partial charge in [-0.25, -0.2) is 4.99 Å². The summed E-state index contributed by atoms with van der Waals surface area (Å²) in [6.07, 6.45) is 2.65. The molecule has 0 bridgehead atoms. The van der Waals surface area contributed by atoms with Crippen molar-refractivity contribution in [3.8, 4) is 11.5 Å². The molecule has 0 radical (unpaired) electrons. The Morgan fingerprint density at radius 2 is 1.96 bits per heavy atom. The molecule has 1 aliphatic rings. The molecule has 1 fully saturated rings. The largest absolute Gasteiger partial charge is 0.504 e. The molecular formula is C21H22N2O3S. The lowest BCUT2D eigenvalue weighted by atomic mass is 10.2. The minimum Gasteiger partial charge on any atom is -0.504 e. The summed E-state index contributed by atoms with van der Waals surface area (Å²) in [6, 6.07) is 12.9. The zero-order valence-corrected chi connectivity index (χ0v) is 16.4. The van der Waals surface area contributed by atoms with E-state index in [-0.39, 0.29) is 11.7 Å². The number of amidine groups is 1. The van der Waals surface area contributed by atoms with Crippen LogP contribution in [-0.4, -0.2) is 34.7 Å². The average Bonchev–Trinajstić information content (AvgIpc) is 2.94. The summed E-state index contributed by atoms with van der Waals surface area (Å²) in [6.45, 7) is 4.68. The van der Waals surface area contributed by atoms with E-state index in [9.17, 15) is 9.90 Å². The number of carbonyl (C=O) groups is 1. The second kappa shape index (κ2) is 8.31. The average molecular weight is 382 g/mol. The van der Waals surface area contributed by atoms with E-state index in [4.69, 9.17) is 4.74 Å². The van der Waals surface area contributed by atoms with Gasteiger partial charge in [-0.1, -0.05) is 30.7 Å². The predicted molar refractivity (Wildman–Crippen MR) is 111 cm³/mol. The summed E-state index contributed by atoms with van der Waals surface area (Å²) in [5, 5.41) is 10.4. The quantitative estimate of drug-likeness (QED) is 0.760. The van der Waals surface area contributed by atoms with Crippen LogP contribution in [0.3, 0.4) is 0 Å². The molecule has 1 heterocycles. The number of phenols is 1. The van der Waals surface area contributed by atoms with Gasteiger partial charge in [-0.15, -0.1) is 0 Å². The summed E-state index contributed by atoms with van der Waals surface area (Å²) in [7, 11) is 1.50. The zero-order chi connectivity index (χ0) is 19.4. The number of aryl methyl sites for hydroxylation is 1. The molecule has 0 aliphatic carbocycles. The Morgan fingerprint density at radius 1 is 1.22 bits per heavy atom. The van der Waals surface area contributed by atoms with Crippen molar-refractivity contribution in [1.29, 1.82) is 0 Å². The summed E-state index contributed by atoms with van der Waals surface area (Å²) in [5.74, 6) is 0.387. The molecule has 0 saturated carbocycles. The number of thioether (sulfide) groups is 1. The SMILES string of the molecule is CCCN1C(=O)/C(=C\c2ccc(O)c(OC)c2)SC1=Nc1ccc(C)cc1. The molecule has 140 valence electrons. The number of benzene rings is 2. The van der Waals surface area contributed by atoms with E-state index < -0.39 is 0 Å². The van der Waals surface area contributed by atoms with Crippen LogP contribution in [-0.2, 0) is 4.79 Å². The summed E-state index contributed by atoms with van der Waals surface area (Å²) in [5.41, 5.74) is 2.78. The van der Waals surface area contributed by atoms with Gasteiger partial charge in [0.15, 0.2) is 16.7 Å². The van der Waals surface area contributed by atoms with Gasteiger partial charge in [0.2, 0.25) is 0 Å². The van der Waals surface area contributed by atoms with E-state index in [1.54, 1.807) is 29.2 Å². The first-order valence-corrected chi connectivity index (χ1v) is 9.57. The second-order valence-corrected chi connectivity index (χ2v) is 7.24. The van der Waals surface area contributed by atoms with Crippen molar-refractivity contribution in [2.45, 2.75) is 20.3 Å². The summed E-state index contributed by atoms with van der Waals surface area (Å²) >= 11 is 1.36. The van der Waals surface area contributed by atoms with Crippen LogP contribution in [0.1, 0.15) is 24.5 Å². The topological polar surface area (TPSA) is 62.1 Å². The predicted octanol–water partition coefficient (Wildman–Crippen LogP) is 4.72. The van der Waals surface area contributed by atoms with Crippen molar-refractivity contribution < 1.29 is 14.6 Å². The molecule has 5 nitrogen and oxygen atoms in total. The second-order valence-electron chi connectivity index (χ2n) is 6.23. The fraction of sp³-hybridized carbons (Fsp3) is 0.238. The number of aromatic hydroxyl groups is 1. The zero-order valence-electron chi connectivity index (χ0n) is 15.6. The van der Waals surface area contributed by atoms with Crippen LogP contribution < -0.4 is 4.74 Å². The Balaban J connectivity index is 1.93. The number of hydrogen-bond donors (Lipinski definition) is 1. The van der Waals surface area contributed by atoms with Crippen LogP contribution in [0.15, 0.2) is 52.4 Å². The monoisotopic (exact) mass is 382 g/mol. The maximum atomic E-state index is 12.9. The fourth-order valence-electron chi connectivity index (χ4n) is 2.68. The standard InChI is InChI=1S/C21H22N2O3S/c1-4-11-23-20(25)19(13-15-7-10-17(24)18(12-15)26-3)27-21(23)22-16-8-5-14(2)6-9-16/h5-10,12-13,24H,4,11H2,1-3H3/b19-13+,22-21?. The first kappa shape index (κ1) is 19.0. The van der Waals surface area contributed by atoms with Gasteiger partial charge >= 0.3 is 0 Å². The van der Waals surface area contributed by atoms with Crippen molar-refractivity contribution in [2.24, 2.45) is 4.99 Å². The molecule has 0 unspecified atom stereocenters. The van der Waals surface area contributed by atoms with Crippen LogP contribution in [0, 0.1) is 6.92 Å². The van der Waals surface area contributed by atoms with Crippen LogP contribution in [0.2, 0.25) is 0 Å². The van der Waals surface area contributed by atoms with Crippen LogP contribution in [0.5, 0.6) is 11.5 Å². The lowest BCUT2D eigenvalue weighted by molar-refractivity contribution is -0.122. The third-order valence-corrected chi connectivity index (χ3v) is 5.10. The number of amides is 1. The lowest BCUT2D eigenvalue weighted by Crippen LogP contribution is -2.29. The molecule has 1 amide bonds. The van der Waals surface area contributed by atoms with Crippen molar-refractivity contribution in [1.82, 2.24) is 4.90 Å². The van der Waals surface area contributed by atoms with E-state index in [0.717, 1.165) is 17.7 Å². The van der Waals surface area contributed by atoms with E-state index in [1.165, 1.54) is 24.4 Å². The number of phenolic OH excluding ortho intramolecular Hbond substituents is 1. The smallest absolute Gasteiger partial charge is 0.266 e. The normalized spacial score (nSPS) is 17.1. The van der Waals surface area contributed by atoms with E-state index in [1.807, 2.05) is 38.1 Å². The number of methoxy groups -OCH3 is 1. The molecule has 2 aromatic rings. The highest BCUT2D eigenvalue weighted by molar-refractivity contribution is 8.18. The Bertz CT molecular complexity index is 904. The Hall–Kier alpha value is -2.73. The highest BCUT2D eigenvalue weighted by Gasteiger charge is 2.32. The van der Waals surface area contributed by atoms with Crippen molar-refractivity contribution in [2.75, 3.05) is 13.7 Å². The van der Waals surface area contributed by atoms with Crippen molar-refractivity contribution in [3.05, 3.63) is 58.5 Å². The van der Waals surface area contributed by atoms with Crippen LogP contribution in [0.25, 0.3) is 6.08 Å². The minimum absolute atomic E-state index is 0.0558. The molecule has 1 saturated heterocycles. The Morgan fingerprint density at radius 3 is 2.63 bits per heavy atom.